The van der Waals surface area contributed by atoms with Crippen LogP contribution in [-0.4, -0.2) is 20.9 Å². The minimum Gasteiger partial charge on any atom is -0.393 e. The van der Waals surface area contributed by atoms with Gasteiger partial charge in [0, 0.05) is 11.8 Å². The number of carbonyl (C=O) groups excluding carboxylic acids is 1. The number of hydrogen-bond acceptors (Lipinski definition) is 7. The van der Waals surface area contributed by atoms with Crippen LogP contribution >= 0.6 is 0 Å². The molecule has 8 heteroatoms. The predicted octanol–water partition coefficient (Wildman–Crippen LogP) is 3.11. The fourth-order valence-electron chi connectivity index (χ4n) is 2.76. The molecule has 8 nitrogen and oxygen atoms in total. The Balaban J connectivity index is 1.52. The maximum Gasteiger partial charge on any atom is 0.270 e. The van der Waals surface area contributed by atoms with Crippen LogP contribution in [0.25, 0.3) is 10.8 Å². The molecule has 0 atom stereocenters. The van der Waals surface area contributed by atoms with E-state index >= 15 is 0 Å². The van der Waals surface area contributed by atoms with Gasteiger partial charge in [0.05, 0.1) is 0 Å². The van der Waals surface area contributed by atoms with Crippen molar-refractivity contribution in [1.82, 2.24) is 20.4 Å². The van der Waals surface area contributed by atoms with Crippen molar-refractivity contribution in [3.05, 3.63) is 78.8 Å². The summed E-state index contributed by atoms with van der Waals surface area (Å²) in [7, 11) is 0. The summed E-state index contributed by atoms with van der Waals surface area (Å²) in [6, 6.07) is 18.7. The molecule has 138 valence electrons. The number of nitrogens with zero attached hydrogens (tertiary/aromatic N) is 3. The third-order valence-electron chi connectivity index (χ3n) is 4.12. The van der Waals surface area contributed by atoms with Crippen LogP contribution in [0.1, 0.15) is 10.4 Å². The molecule has 2 aromatic carbocycles. The highest BCUT2D eigenvalue weighted by molar-refractivity contribution is 6.07. The topological polar surface area (TPSA) is 118 Å². The first kappa shape index (κ1) is 17.2. The van der Waals surface area contributed by atoms with E-state index in [0.717, 1.165) is 10.8 Å². The van der Waals surface area contributed by atoms with E-state index in [9.17, 15) is 4.79 Å². The number of amides is 1. The van der Waals surface area contributed by atoms with Crippen LogP contribution in [0, 0.1) is 0 Å². The molecule has 0 unspecified atom stereocenters. The molecule has 4 aromatic rings. The highest BCUT2D eigenvalue weighted by Crippen LogP contribution is 2.24. The van der Waals surface area contributed by atoms with E-state index in [2.05, 4.69) is 31.1 Å². The third kappa shape index (κ3) is 3.51. The minimum absolute atomic E-state index is 0.256. The molecule has 0 bridgehead atoms. The molecule has 0 radical (unpaired) electrons. The van der Waals surface area contributed by atoms with Crippen LogP contribution < -0.4 is 21.9 Å². The van der Waals surface area contributed by atoms with Gasteiger partial charge >= 0.3 is 0 Å². The van der Waals surface area contributed by atoms with Crippen LogP contribution in [0.15, 0.2) is 73.2 Å². The summed E-state index contributed by atoms with van der Waals surface area (Å²) in [4.78, 5) is 25.0. The van der Waals surface area contributed by atoms with Gasteiger partial charge in [-0.15, -0.1) is 0 Å². The molecule has 4 rings (SSSR count). The number of carbonyl (C=O) groups is 1. The van der Waals surface area contributed by atoms with Crippen LogP contribution in [0.4, 0.5) is 23.1 Å². The number of pyridine rings is 1. The summed E-state index contributed by atoms with van der Waals surface area (Å²) >= 11 is 0. The highest BCUT2D eigenvalue weighted by atomic mass is 16.2. The molecule has 0 fully saturated rings. The number of nitrogens with two attached hydrogens (primary N) is 1. The van der Waals surface area contributed by atoms with Gasteiger partial charge in [0.2, 0.25) is 0 Å². The molecule has 0 aliphatic heterocycles. The Hall–Kier alpha value is -4.20. The molecule has 0 saturated heterocycles. The van der Waals surface area contributed by atoms with E-state index in [1.807, 2.05) is 48.5 Å². The average Bonchev–Trinajstić information content (AvgIpc) is 2.74. The van der Waals surface area contributed by atoms with E-state index in [-0.39, 0.29) is 17.4 Å². The van der Waals surface area contributed by atoms with Gasteiger partial charge in [-0.1, -0.05) is 42.5 Å². The Morgan fingerprint density at radius 3 is 2.50 bits per heavy atom. The van der Waals surface area contributed by atoms with E-state index < -0.39 is 0 Å². The van der Waals surface area contributed by atoms with Crippen molar-refractivity contribution in [1.29, 1.82) is 0 Å². The molecular formula is C20H17N7O. The first-order valence-corrected chi connectivity index (χ1v) is 8.55. The highest BCUT2D eigenvalue weighted by Gasteiger charge is 2.12. The largest absolute Gasteiger partial charge is 0.393 e. The number of hydrogen-bond donors (Lipinski definition) is 4. The van der Waals surface area contributed by atoms with Crippen molar-refractivity contribution in [3.8, 4) is 0 Å². The van der Waals surface area contributed by atoms with Crippen molar-refractivity contribution < 1.29 is 4.79 Å². The molecule has 2 aromatic heterocycles. The lowest BCUT2D eigenvalue weighted by Gasteiger charge is -2.13. The Morgan fingerprint density at radius 1 is 0.857 bits per heavy atom. The zero-order valence-corrected chi connectivity index (χ0v) is 14.8. The van der Waals surface area contributed by atoms with Crippen molar-refractivity contribution in [2.45, 2.75) is 0 Å². The second kappa shape index (κ2) is 7.58. The fraction of sp³-hybridized carbons (Fsp3) is 0. The predicted molar refractivity (Wildman–Crippen MR) is 109 cm³/mol. The summed E-state index contributed by atoms with van der Waals surface area (Å²) < 4.78 is 0. The zero-order chi connectivity index (χ0) is 19.3. The number of hydrazine groups is 1. The zero-order valence-electron chi connectivity index (χ0n) is 14.8. The van der Waals surface area contributed by atoms with Crippen molar-refractivity contribution in [3.63, 3.8) is 0 Å². The molecular weight excluding hydrogens is 354 g/mol. The lowest BCUT2D eigenvalue weighted by Crippen LogP contribution is -2.30. The summed E-state index contributed by atoms with van der Waals surface area (Å²) in [5.74, 6) is 0.963. The Kier molecular flexibility index (Phi) is 4.67. The Labute approximate surface area is 160 Å². The smallest absolute Gasteiger partial charge is 0.270 e. The molecule has 28 heavy (non-hydrogen) atoms. The second-order valence-corrected chi connectivity index (χ2v) is 5.93. The monoisotopic (exact) mass is 371 g/mol. The first-order valence-electron chi connectivity index (χ1n) is 8.55. The third-order valence-corrected chi connectivity index (χ3v) is 4.12. The van der Waals surface area contributed by atoms with Crippen LogP contribution in [0.3, 0.4) is 0 Å². The molecule has 0 saturated carbocycles. The van der Waals surface area contributed by atoms with Gasteiger partial charge in [0.25, 0.3) is 5.91 Å². The number of anilines is 4. The van der Waals surface area contributed by atoms with Crippen LogP contribution in [-0.2, 0) is 0 Å². The van der Waals surface area contributed by atoms with Gasteiger partial charge < -0.3 is 11.1 Å². The van der Waals surface area contributed by atoms with Gasteiger partial charge in [0.1, 0.15) is 17.8 Å². The van der Waals surface area contributed by atoms with E-state index in [1.54, 1.807) is 18.3 Å². The summed E-state index contributed by atoms with van der Waals surface area (Å²) in [5, 5.41) is 4.86. The van der Waals surface area contributed by atoms with Crippen molar-refractivity contribution in [2.75, 3.05) is 16.5 Å². The first-order chi connectivity index (χ1) is 13.7. The number of aromatic nitrogens is 3. The fourth-order valence-corrected chi connectivity index (χ4v) is 2.76. The summed E-state index contributed by atoms with van der Waals surface area (Å²) in [6.07, 6.45) is 3.00. The maximum atomic E-state index is 12.6. The molecule has 0 spiro atoms. The van der Waals surface area contributed by atoms with Gasteiger partial charge in [-0.2, -0.15) is 0 Å². The Morgan fingerprint density at radius 2 is 1.64 bits per heavy atom. The number of benzene rings is 2. The average molecular weight is 371 g/mol. The molecule has 5 N–H and O–H groups in total. The normalized spacial score (nSPS) is 10.4. The number of fused-ring (bicyclic) bond motifs is 1. The maximum absolute atomic E-state index is 12.6. The van der Waals surface area contributed by atoms with Gasteiger partial charge in [0.15, 0.2) is 11.6 Å². The standard InChI is InChI=1S/C20H17N7O/c21-17-18(25-16-10-3-4-11-22-16)23-12-24-19(17)26-27-20(28)15-9-5-7-13-6-1-2-8-14(13)15/h1-12H,21H2,(H,27,28)(H2,22,23,24,25,26). The molecule has 0 aliphatic carbocycles. The summed E-state index contributed by atoms with van der Waals surface area (Å²) in [6.45, 7) is 0. The van der Waals surface area contributed by atoms with Gasteiger partial charge in [-0.3, -0.25) is 15.6 Å². The van der Waals surface area contributed by atoms with Gasteiger partial charge in [-0.05, 0) is 29.0 Å². The van der Waals surface area contributed by atoms with Crippen LogP contribution in [0.5, 0.6) is 0 Å². The summed E-state index contributed by atoms with van der Waals surface area (Å²) in [5.41, 5.74) is 12.3. The lowest BCUT2D eigenvalue weighted by atomic mass is 10.0. The number of nitrogens with one attached hydrogen (secondary N) is 3. The second-order valence-electron chi connectivity index (χ2n) is 5.93. The molecule has 1 amide bonds. The van der Waals surface area contributed by atoms with Crippen LogP contribution in [0.2, 0.25) is 0 Å². The van der Waals surface area contributed by atoms with E-state index in [0.29, 0.717) is 17.2 Å². The number of nitrogen functional groups attached to an aromatic ring is 1. The lowest BCUT2D eigenvalue weighted by molar-refractivity contribution is 0.0964. The van der Waals surface area contributed by atoms with E-state index in [1.165, 1.54) is 6.33 Å². The number of rotatable bonds is 5. The molecule has 2 heterocycles. The van der Waals surface area contributed by atoms with Gasteiger partial charge in [-0.25, -0.2) is 15.0 Å². The quantitative estimate of drug-likeness (QED) is 0.398. The minimum atomic E-state index is -0.297. The van der Waals surface area contributed by atoms with Crippen molar-refractivity contribution in [2.24, 2.45) is 0 Å². The molecule has 0 aliphatic rings. The van der Waals surface area contributed by atoms with E-state index in [4.69, 9.17) is 5.73 Å². The Bertz CT molecular complexity index is 1130. The SMILES string of the molecule is Nc1c(NNC(=O)c2cccc3ccccc23)ncnc1Nc1ccccn1. The van der Waals surface area contributed by atoms with Crippen molar-refractivity contribution >= 4 is 39.8 Å².